The van der Waals surface area contributed by atoms with Crippen LogP contribution in [-0.2, 0) is 0 Å². The van der Waals surface area contributed by atoms with Crippen molar-refractivity contribution in [3.05, 3.63) is 29.6 Å². The normalized spacial score (nSPS) is 25.4. The Labute approximate surface area is 96.1 Å². The van der Waals surface area contributed by atoms with Crippen LogP contribution in [0, 0.1) is 12.8 Å². The molecule has 1 aromatic heterocycles. The van der Waals surface area contributed by atoms with E-state index in [9.17, 15) is 4.79 Å². The molecule has 1 heterocycles. The highest BCUT2D eigenvalue weighted by molar-refractivity contribution is 5.97. The first-order chi connectivity index (χ1) is 7.66. The summed E-state index contributed by atoms with van der Waals surface area (Å²) < 4.78 is 0. The fourth-order valence-electron chi connectivity index (χ4n) is 2.31. The molecule has 0 radical (unpaired) electrons. The van der Waals surface area contributed by atoms with Crippen LogP contribution in [0.2, 0.25) is 0 Å². The zero-order chi connectivity index (χ0) is 11.5. The predicted octanol–water partition coefficient (Wildman–Crippen LogP) is 2.09. The number of aryl methyl sites for hydroxylation is 1. The smallest absolute Gasteiger partial charge is 0.167 e. The molecule has 3 heteroatoms. The summed E-state index contributed by atoms with van der Waals surface area (Å²) in [6.07, 6.45) is 7.23. The van der Waals surface area contributed by atoms with E-state index in [1.807, 2.05) is 13.0 Å². The molecule has 0 atom stereocenters. The van der Waals surface area contributed by atoms with Crippen LogP contribution in [-0.4, -0.2) is 16.8 Å². The molecule has 0 aliphatic heterocycles. The number of ketones is 1. The number of hydrogen-bond acceptors (Lipinski definition) is 3. The number of Topliss-reactive ketones (excluding diaryl/α,β-unsaturated/α-hetero) is 1. The number of aromatic nitrogens is 1. The van der Waals surface area contributed by atoms with Crippen molar-refractivity contribution >= 4 is 5.78 Å². The number of rotatable bonds is 2. The zero-order valence-corrected chi connectivity index (χ0v) is 9.65. The molecular formula is C13H18N2O. The van der Waals surface area contributed by atoms with Gasteiger partial charge in [-0.25, -0.2) is 0 Å². The molecule has 0 bridgehead atoms. The average Bonchev–Trinajstić information content (AvgIpc) is 2.29. The number of hydrogen-bond donors (Lipinski definition) is 1. The van der Waals surface area contributed by atoms with Crippen molar-refractivity contribution in [2.75, 3.05) is 0 Å². The lowest BCUT2D eigenvalue weighted by Crippen LogP contribution is -2.29. The third-order valence-electron chi connectivity index (χ3n) is 3.30. The topological polar surface area (TPSA) is 56.0 Å². The molecule has 1 aliphatic rings. The second-order valence-electron chi connectivity index (χ2n) is 4.73. The first kappa shape index (κ1) is 11.3. The number of nitrogens with zero attached hydrogens (tertiary/aromatic N) is 1. The zero-order valence-electron chi connectivity index (χ0n) is 9.65. The molecule has 0 unspecified atom stereocenters. The van der Waals surface area contributed by atoms with Gasteiger partial charge in [0.05, 0.1) is 0 Å². The highest BCUT2D eigenvalue weighted by Crippen LogP contribution is 2.26. The van der Waals surface area contributed by atoms with E-state index in [2.05, 4.69) is 4.98 Å². The Bertz CT molecular complexity index is 381. The third-order valence-corrected chi connectivity index (χ3v) is 3.30. The number of nitrogens with two attached hydrogens (primary N) is 1. The predicted molar refractivity (Wildman–Crippen MR) is 63.2 cm³/mol. The highest BCUT2D eigenvalue weighted by atomic mass is 16.1. The van der Waals surface area contributed by atoms with Crippen molar-refractivity contribution in [1.29, 1.82) is 0 Å². The SMILES string of the molecule is Cc1cncc(C(=O)C2CCC(N)CC2)c1. The standard InChI is InChI=1S/C13H18N2O/c1-9-6-11(8-15-7-9)13(16)10-2-4-12(14)5-3-10/h6-8,10,12H,2-5,14H2,1H3. The van der Waals surface area contributed by atoms with Crippen LogP contribution >= 0.6 is 0 Å². The number of carbonyl (C=O) groups excluding carboxylic acids is 1. The van der Waals surface area contributed by atoms with Gasteiger partial charge >= 0.3 is 0 Å². The molecule has 3 nitrogen and oxygen atoms in total. The fourth-order valence-corrected chi connectivity index (χ4v) is 2.31. The maximum Gasteiger partial charge on any atom is 0.167 e. The van der Waals surface area contributed by atoms with Crippen molar-refractivity contribution in [3.63, 3.8) is 0 Å². The summed E-state index contributed by atoms with van der Waals surface area (Å²) in [5.74, 6) is 0.395. The minimum atomic E-state index is 0.156. The van der Waals surface area contributed by atoms with E-state index < -0.39 is 0 Å². The van der Waals surface area contributed by atoms with Crippen LogP contribution in [0.25, 0.3) is 0 Å². The van der Waals surface area contributed by atoms with E-state index in [-0.39, 0.29) is 11.7 Å². The van der Waals surface area contributed by atoms with Crippen LogP contribution in [0.5, 0.6) is 0 Å². The lowest BCUT2D eigenvalue weighted by atomic mass is 9.82. The van der Waals surface area contributed by atoms with Crippen LogP contribution in [0.3, 0.4) is 0 Å². The molecule has 1 aliphatic carbocycles. The Hall–Kier alpha value is -1.22. The van der Waals surface area contributed by atoms with Gasteiger partial charge in [-0.3, -0.25) is 9.78 Å². The van der Waals surface area contributed by atoms with Crippen LogP contribution in [0.15, 0.2) is 18.5 Å². The summed E-state index contributed by atoms with van der Waals surface area (Å²) in [5, 5.41) is 0. The van der Waals surface area contributed by atoms with Gasteiger partial charge in [0, 0.05) is 29.9 Å². The molecule has 0 spiro atoms. The van der Waals surface area contributed by atoms with E-state index in [1.165, 1.54) is 0 Å². The van der Waals surface area contributed by atoms with E-state index in [1.54, 1.807) is 12.4 Å². The van der Waals surface area contributed by atoms with Crippen molar-refractivity contribution in [1.82, 2.24) is 4.98 Å². The first-order valence-electron chi connectivity index (χ1n) is 5.88. The Morgan fingerprint density at radius 2 is 2.00 bits per heavy atom. The van der Waals surface area contributed by atoms with E-state index in [4.69, 9.17) is 5.73 Å². The molecule has 0 saturated heterocycles. The monoisotopic (exact) mass is 218 g/mol. The second-order valence-corrected chi connectivity index (χ2v) is 4.73. The van der Waals surface area contributed by atoms with Crippen molar-refractivity contribution in [3.8, 4) is 0 Å². The Morgan fingerprint density at radius 1 is 1.31 bits per heavy atom. The van der Waals surface area contributed by atoms with Gasteiger partial charge < -0.3 is 5.73 Å². The molecule has 0 aromatic carbocycles. The third kappa shape index (κ3) is 2.47. The Morgan fingerprint density at radius 3 is 2.62 bits per heavy atom. The van der Waals surface area contributed by atoms with E-state index in [0.29, 0.717) is 6.04 Å². The van der Waals surface area contributed by atoms with Crippen LogP contribution in [0.1, 0.15) is 41.6 Å². The van der Waals surface area contributed by atoms with Gasteiger partial charge in [0.2, 0.25) is 0 Å². The molecule has 1 saturated carbocycles. The van der Waals surface area contributed by atoms with Crippen molar-refractivity contribution < 1.29 is 4.79 Å². The number of carbonyl (C=O) groups is 1. The largest absolute Gasteiger partial charge is 0.328 e. The lowest BCUT2D eigenvalue weighted by molar-refractivity contribution is 0.0884. The highest BCUT2D eigenvalue weighted by Gasteiger charge is 2.25. The summed E-state index contributed by atoms with van der Waals surface area (Å²) in [7, 11) is 0. The summed E-state index contributed by atoms with van der Waals surface area (Å²) in [5.41, 5.74) is 7.63. The van der Waals surface area contributed by atoms with Crippen molar-refractivity contribution in [2.24, 2.45) is 11.7 Å². The quantitative estimate of drug-likeness (QED) is 0.773. The lowest BCUT2D eigenvalue weighted by Gasteiger charge is -2.24. The summed E-state index contributed by atoms with van der Waals surface area (Å²) in [6, 6.07) is 2.21. The molecule has 1 fully saturated rings. The minimum absolute atomic E-state index is 0.156. The van der Waals surface area contributed by atoms with Gasteiger partial charge in [-0.05, 0) is 44.2 Å². The van der Waals surface area contributed by atoms with E-state index in [0.717, 1.165) is 36.8 Å². The van der Waals surface area contributed by atoms with Gasteiger partial charge in [0.15, 0.2) is 5.78 Å². The molecule has 86 valence electrons. The van der Waals surface area contributed by atoms with Gasteiger partial charge in [0.1, 0.15) is 0 Å². The summed E-state index contributed by atoms with van der Waals surface area (Å²) >= 11 is 0. The molecule has 16 heavy (non-hydrogen) atoms. The number of pyridine rings is 1. The van der Waals surface area contributed by atoms with Gasteiger partial charge in [-0.15, -0.1) is 0 Å². The Kier molecular flexibility index (Phi) is 3.34. The van der Waals surface area contributed by atoms with E-state index >= 15 is 0 Å². The average molecular weight is 218 g/mol. The van der Waals surface area contributed by atoms with Crippen molar-refractivity contribution in [2.45, 2.75) is 38.6 Å². The molecule has 2 N–H and O–H groups in total. The second kappa shape index (κ2) is 4.74. The molecule has 0 amide bonds. The summed E-state index contributed by atoms with van der Waals surface area (Å²) in [6.45, 7) is 1.96. The fraction of sp³-hybridized carbons (Fsp3) is 0.538. The van der Waals surface area contributed by atoms with Crippen LogP contribution < -0.4 is 5.73 Å². The van der Waals surface area contributed by atoms with Gasteiger partial charge in [-0.1, -0.05) is 0 Å². The summed E-state index contributed by atoms with van der Waals surface area (Å²) in [4.78, 5) is 16.2. The van der Waals surface area contributed by atoms with Gasteiger partial charge in [0.25, 0.3) is 0 Å². The minimum Gasteiger partial charge on any atom is -0.328 e. The van der Waals surface area contributed by atoms with Gasteiger partial charge in [-0.2, -0.15) is 0 Å². The first-order valence-corrected chi connectivity index (χ1v) is 5.88. The maximum absolute atomic E-state index is 12.2. The molecule has 2 rings (SSSR count). The Balaban J connectivity index is 2.08. The molecule has 1 aromatic rings. The maximum atomic E-state index is 12.2. The molecular weight excluding hydrogens is 200 g/mol. The van der Waals surface area contributed by atoms with Crippen LogP contribution in [0.4, 0.5) is 0 Å².